The summed E-state index contributed by atoms with van der Waals surface area (Å²) in [4.78, 5) is 0. The molecule has 0 aliphatic heterocycles. The third kappa shape index (κ3) is 4.09. The van der Waals surface area contributed by atoms with E-state index in [-0.39, 0.29) is 0 Å². The quantitative estimate of drug-likeness (QED) is 0.701. The lowest BCUT2D eigenvalue weighted by Gasteiger charge is -2.21. The zero-order valence-electron chi connectivity index (χ0n) is 8.24. The van der Waals surface area contributed by atoms with Crippen molar-refractivity contribution in [1.29, 1.82) is 0 Å². The monoisotopic (exact) mass is 178 g/mol. The van der Waals surface area contributed by atoms with E-state index in [9.17, 15) is 0 Å². The highest BCUT2D eigenvalue weighted by atomic mass is 16.3. The Hall–Kier alpha value is -0.820. The molecule has 1 fully saturated rings. The SMILES string of the molecule is Cc1ccccc1.OCC1CCC1. The molecule has 72 valence electrons. The predicted octanol–water partition coefficient (Wildman–Crippen LogP) is 2.77. The van der Waals surface area contributed by atoms with Gasteiger partial charge < -0.3 is 5.11 Å². The third-order valence-electron chi connectivity index (χ3n) is 2.42. The van der Waals surface area contributed by atoms with Crippen molar-refractivity contribution in [3.8, 4) is 0 Å². The molecule has 0 radical (unpaired) electrons. The van der Waals surface area contributed by atoms with Gasteiger partial charge in [-0.1, -0.05) is 42.3 Å². The maximum Gasteiger partial charge on any atom is 0.0459 e. The normalized spacial score (nSPS) is 15.5. The first-order valence-corrected chi connectivity index (χ1v) is 4.95. The summed E-state index contributed by atoms with van der Waals surface area (Å²) in [6.45, 7) is 2.50. The first-order valence-electron chi connectivity index (χ1n) is 4.95. The van der Waals surface area contributed by atoms with Gasteiger partial charge in [0.05, 0.1) is 0 Å². The standard InChI is InChI=1S/C7H8.C5H10O/c1-7-5-3-2-4-6-7;6-4-5-2-1-3-5/h2-6H,1H3;5-6H,1-4H2. The highest BCUT2D eigenvalue weighted by Crippen LogP contribution is 2.24. The van der Waals surface area contributed by atoms with Gasteiger partial charge >= 0.3 is 0 Å². The van der Waals surface area contributed by atoms with Crippen molar-refractivity contribution >= 4 is 0 Å². The Morgan fingerprint density at radius 3 is 2.00 bits per heavy atom. The summed E-state index contributed by atoms with van der Waals surface area (Å²) in [6, 6.07) is 10.3. The number of hydrogen-bond donors (Lipinski definition) is 1. The Labute approximate surface area is 80.4 Å². The van der Waals surface area contributed by atoms with Gasteiger partial charge in [0.15, 0.2) is 0 Å². The molecule has 0 aromatic heterocycles. The van der Waals surface area contributed by atoms with Crippen molar-refractivity contribution in [2.45, 2.75) is 26.2 Å². The fourth-order valence-corrected chi connectivity index (χ4v) is 1.21. The van der Waals surface area contributed by atoms with Crippen LogP contribution in [-0.4, -0.2) is 11.7 Å². The first-order chi connectivity index (χ1) is 6.33. The smallest absolute Gasteiger partial charge is 0.0459 e. The summed E-state index contributed by atoms with van der Waals surface area (Å²) < 4.78 is 0. The molecule has 1 aliphatic rings. The zero-order valence-corrected chi connectivity index (χ0v) is 8.24. The van der Waals surface area contributed by atoms with Crippen LogP contribution in [0, 0.1) is 12.8 Å². The molecule has 0 unspecified atom stereocenters. The van der Waals surface area contributed by atoms with Crippen molar-refractivity contribution in [3.63, 3.8) is 0 Å². The molecule has 0 bridgehead atoms. The molecule has 1 N–H and O–H groups in total. The largest absolute Gasteiger partial charge is 0.396 e. The van der Waals surface area contributed by atoms with Crippen LogP contribution in [0.25, 0.3) is 0 Å². The van der Waals surface area contributed by atoms with Gasteiger partial charge in [-0.25, -0.2) is 0 Å². The van der Waals surface area contributed by atoms with Crippen LogP contribution in [0.2, 0.25) is 0 Å². The second-order valence-corrected chi connectivity index (χ2v) is 3.63. The van der Waals surface area contributed by atoms with E-state index >= 15 is 0 Å². The Morgan fingerprint density at radius 1 is 1.23 bits per heavy atom. The molecule has 1 aliphatic carbocycles. The molecule has 1 nitrogen and oxygen atoms in total. The molecule has 1 aromatic carbocycles. The minimum absolute atomic E-state index is 0.417. The average Bonchev–Trinajstić information content (AvgIpc) is 2.04. The number of aryl methyl sites for hydroxylation is 1. The molecule has 0 atom stereocenters. The number of hydrogen-bond acceptors (Lipinski definition) is 1. The lowest BCUT2D eigenvalue weighted by molar-refractivity contribution is 0.163. The van der Waals surface area contributed by atoms with E-state index in [1.54, 1.807) is 0 Å². The van der Waals surface area contributed by atoms with Crippen molar-refractivity contribution in [3.05, 3.63) is 35.9 Å². The zero-order chi connectivity index (χ0) is 9.52. The van der Waals surface area contributed by atoms with Gasteiger partial charge in [-0.15, -0.1) is 0 Å². The minimum atomic E-state index is 0.417. The maximum atomic E-state index is 8.39. The van der Waals surface area contributed by atoms with E-state index in [0.717, 1.165) is 0 Å². The molecule has 2 rings (SSSR count). The molecule has 0 saturated heterocycles. The molecule has 0 amide bonds. The van der Waals surface area contributed by atoms with Crippen LogP contribution in [0.4, 0.5) is 0 Å². The summed E-state index contributed by atoms with van der Waals surface area (Å²) in [5, 5.41) is 8.39. The molecule has 1 aromatic rings. The second-order valence-electron chi connectivity index (χ2n) is 3.63. The van der Waals surface area contributed by atoms with Crippen LogP contribution >= 0.6 is 0 Å². The van der Waals surface area contributed by atoms with E-state index in [0.29, 0.717) is 12.5 Å². The minimum Gasteiger partial charge on any atom is -0.396 e. The predicted molar refractivity (Wildman–Crippen MR) is 55.6 cm³/mol. The van der Waals surface area contributed by atoms with Gasteiger partial charge in [0.1, 0.15) is 0 Å². The fourth-order valence-electron chi connectivity index (χ4n) is 1.21. The second kappa shape index (κ2) is 5.76. The van der Waals surface area contributed by atoms with Crippen LogP contribution < -0.4 is 0 Å². The van der Waals surface area contributed by atoms with Crippen LogP contribution in [0.3, 0.4) is 0 Å². The van der Waals surface area contributed by atoms with Crippen molar-refractivity contribution in [2.75, 3.05) is 6.61 Å². The summed E-state index contributed by atoms with van der Waals surface area (Å²) in [7, 11) is 0. The molecule has 1 saturated carbocycles. The Bertz CT molecular complexity index is 211. The molecule has 13 heavy (non-hydrogen) atoms. The van der Waals surface area contributed by atoms with Gasteiger partial charge in [-0.05, 0) is 25.7 Å². The topological polar surface area (TPSA) is 20.2 Å². The number of benzene rings is 1. The van der Waals surface area contributed by atoms with Crippen LogP contribution in [0.1, 0.15) is 24.8 Å². The van der Waals surface area contributed by atoms with Crippen molar-refractivity contribution in [1.82, 2.24) is 0 Å². The molecule has 0 spiro atoms. The van der Waals surface area contributed by atoms with E-state index < -0.39 is 0 Å². The lowest BCUT2D eigenvalue weighted by Crippen LogP contribution is -2.14. The van der Waals surface area contributed by atoms with Crippen molar-refractivity contribution in [2.24, 2.45) is 5.92 Å². The Balaban J connectivity index is 0.000000132. The van der Waals surface area contributed by atoms with E-state index in [4.69, 9.17) is 5.11 Å². The highest BCUT2D eigenvalue weighted by Gasteiger charge is 2.14. The Morgan fingerprint density at radius 2 is 1.85 bits per heavy atom. The molecule has 0 heterocycles. The lowest BCUT2D eigenvalue weighted by atomic mass is 9.86. The average molecular weight is 178 g/mol. The van der Waals surface area contributed by atoms with Crippen LogP contribution in [0.15, 0.2) is 30.3 Å². The summed E-state index contributed by atoms with van der Waals surface area (Å²) in [5.74, 6) is 0.671. The molecular formula is C12H18O. The number of rotatable bonds is 1. The van der Waals surface area contributed by atoms with E-state index in [1.807, 2.05) is 18.2 Å². The van der Waals surface area contributed by atoms with Gasteiger partial charge in [0.2, 0.25) is 0 Å². The van der Waals surface area contributed by atoms with Crippen molar-refractivity contribution < 1.29 is 5.11 Å². The van der Waals surface area contributed by atoms with Gasteiger partial charge in [0, 0.05) is 6.61 Å². The fraction of sp³-hybridized carbons (Fsp3) is 0.500. The highest BCUT2D eigenvalue weighted by molar-refractivity contribution is 5.11. The molecular weight excluding hydrogens is 160 g/mol. The van der Waals surface area contributed by atoms with Crippen LogP contribution in [0.5, 0.6) is 0 Å². The summed E-state index contributed by atoms with van der Waals surface area (Å²) in [6.07, 6.45) is 3.86. The van der Waals surface area contributed by atoms with Gasteiger partial charge in [-0.3, -0.25) is 0 Å². The maximum absolute atomic E-state index is 8.39. The van der Waals surface area contributed by atoms with Gasteiger partial charge in [0.25, 0.3) is 0 Å². The molecule has 1 heteroatoms. The number of aliphatic hydroxyl groups is 1. The third-order valence-corrected chi connectivity index (χ3v) is 2.42. The summed E-state index contributed by atoms with van der Waals surface area (Å²) in [5.41, 5.74) is 1.32. The first kappa shape index (κ1) is 10.3. The summed E-state index contributed by atoms with van der Waals surface area (Å²) >= 11 is 0. The van der Waals surface area contributed by atoms with Crippen LogP contribution in [-0.2, 0) is 0 Å². The van der Waals surface area contributed by atoms with Gasteiger partial charge in [-0.2, -0.15) is 0 Å². The Kier molecular flexibility index (Phi) is 4.55. The van der Waals surface area contributed by atoms with E-state index in [2.05, 4.69) is 19.1 Å². The number of aliphatic hydroxyl groups excluding tert-OH is 1. The van der Waals surface area contributed by atoms with E-state index in [1.165, 1.54) is 24.8 Å².